The van der Waals surface area contributed by atoms with Gasteiger partial charge in [-0.25, -0.2) is 4.79 Å². The molecule has 136 valence electrons. The lowest BCUT2D eigenvalue weighted by Crippen LogP contribution is -2.38. The molecule has 0 saturated heterocycles. The maximum absolute atomic E-state index is 12.3. The standard InChI is InChI=1S/C21H23NO4/c1-14(2)15(3)22-19(23)13-26-21(25)18-11-9-17(10-12-18)20(24)16-7-5-4-6-8-16/h4-12,14-15H,13H2,1-3H3,(H,22,23)/t15-/m0/s1. The fourth-order valence-corrected chi connectivity index (χ4v) is 2.19. The first-order chi connectivity index (χ1) is 12.4. The molecule has 0 saturated carbocycles. The molecule has 0 aliphatic carbocycles. The van der Waals surface area contributed by atoms with Crippen LogP contribution < -0.4 is 5.32 Å². The Kier molecular flexibility index (Phi) is 6.67. The Morgan fingerprint density at radius 3 is 1.96 bits per heavy atom. The van der Waals surface area contributed by atoms with E-state index in [-0.39, 0.29) is 24.3 Å². The van der Waals surface area contributed by atoms with Crippen molar-refractivity contribution in [3.05, 3.63) is 71.3 Å². The van der Waals surface area contributed by atoms with Gasteiger partial charge in [0.15, 0.2) is 12.4 Å². The third kappa shape index (κ3) is 5.28. The molecule has 2 aromatic carbocycles. The van der Waals surface area contributed by atoms with Gasteiger partial charge in [-0.1, -0.05) is 56.3 Å². The highest BCUT2D eigenvalue weighted by atomic mass is 16.5. The summed E-state index contributed by atoms with van der Waals surface area (Å²) in [6.07, 6.45) is 0. The summed E-state index contributed by atoms with van der Waals surface area (Å²) in [5.74, 6) is -0.761. The predicted molar refractivity (Wildman–Crippen MR) is 99.0 cm³/mol. The lowest BCUT2D eigenvalue weighted by Gasteiger charge is -2.17. The molecule has 5 heteroatoms. The molecule has 0 aromatic heterocycles. The van der Waals surface area contributed by atoms with E-state index >= 15 is 0 Å². The van der Waals surface area contributed by atoms with Gasteiger partial charge in [0, 0.05) is 17.2 Å². The number of nitrogens with one attached hydrogen (secondary N) is 1. The molecule has 26 heavy (non-hydrogen) atoms. The number of esters is 1. The fourth-order valence-electron chi connectivity index (χ4n) is 2.19. The van der Waals surface area contributed by atoms with Crippen LogP contribution in [0.15, 0.2) is 54.6 Å². The third-order valence-electron chi connectivity index (χ3n) is 4.14. The second-order valence-corrected chi connectivity index (χ2v) is 6.45. The van der Waals surface area contributed by atoms with Crippen molar-refractivity contribution >= 4 is 17.7 Å². The van der Waals surface area contributed by atoms with Crippen molar-refractivity contribution in [3.63, 3.8) is 0 Å². The summed E-state index contributed by atoms with van der Waals surface area (Å²) in [5.41, 5.74) is 1.36. The van der Waals surface area contributed by atoms with Crippen LogP contribution in [-0.2, 0) is 9.53 Å². The number of carbonyl (C=O) groups excluding carboxylic acids is 3. The predicted octanol–water partition coefficient (Wildman–Crippen LogP) is 3.24. The Balaban J connectivity index is 1.92. The molecule has 0 radical (unpaired) electrons. The lowest BCUT2D eigenvalue weighted by molar-refractivity contribution is -0.125. The molecule has 0 fully saturated rings. The largest absolute Gasteiger partial charge is 0.452 e. The summed E-state index contributed by atoms with van der Waals surface area (Å²) in [6.45, 7) is 5.55. The minimum atomic E-state index is -0.601. The van der Waals surface area contributed by atoms with Crippen molar-refractivity contribution in [2.24, 2.45) is 5.92 Å². The first-order valence-corrected chi connectivity index (χ1v) is 8.54. The van der Waals surface area contributed by atoms with Crippen LogP contribution in [0.4, 0.5) is 0 Å². The summed E-state index contributed by atoms with van der Waals surface area (Å²) in [5, 5.41) is 2.77. The highest BCUT2D eigenvalue weighted by molar-refractivity contribution is 6.09. The number of hydrogen-bond donors (Lipinski definition) is 1. The van der Waals surface area contributed by atoms with E-state index < -0.39 is 5.97 Å². The molecular weight excluding hydrogens is 330 g/mol. The van der Waals surface area contributed by atoms with Crippen LogP contribution in [0.5, 0.6) is 0 Å². The average molecular weight is 353 g/mol. The minimum absolute atomic E-state index is 0.00415. The summed E-state index contributed by atoms with van der Waals surface area (Å²) < 4.78 is 5.02. The number of hydrogen-bond acceptors (Lipinski definition) is 4. The molecule has 1 N–H and O–H groups in total. The zero-order chi connectivity index (χ0) is 19.1. The van der Waals surface area contributed by atoms with E-state index in [1.165, 1.54) is 12.1 Å². The number of ether oxygens (including phenoxy) is 1. The maximum Gasteiger partial charge on any atom is 0.338 e. The molecule has 2 rings (SSSR count). The highest BCUT2D eigenvalue weighted by Gasteiger charge is 2.15. The van der Waals surface area contributed by atoms with Gasteiger partial charge in [0.2, 0.25) is 0 Å². The molecule has 0 unspecified atom stereocenters. The average Bonchev–Trinajstić information content (AvgIpc) is 2.66. The fraction of sp³-hybridized carbons (Fsp3) is 0.286. The summed E-state index contributed by atoms with van der Waals surface area (Å²) >= 11 is 0. The molecule has 2 aromatic rings. The van der Waals surface area contributed by atoms with Gasteiger partial charge in [0.05, 0.1) is 5.56 Å². The smallest absolute Gasteiger partial charge is 0.338 e. The molecule has 1 amide bonds. The SMILES string of the molecule is CC(C)[C@H](C)NC(=O)COC(=O)c1ccc(C(=O)c2ccccc2)cc1. The van der Waals surface area contributed by atoms with E-state index in [1.54, 1.807) is 36.4 Å². The zero-order valence-electron chi connectivity index (χ0n) is 15.2. The Hall–Kier alpha value is -2.95. The molecule has 5 nitrogen and oxygen atoms in total. The van der Waals surface area contributed by atoms with Crippen LogP contribution in [0.3, 0.4) is 0 Å². The van der Waals surface area contributed by atoms with Gasteiger partial charge in [0.1, 0.15) is 0 Å². The molecule has 0 aliphatic rings. The van der Waals surface area contributed by atoms with Crippen LogP contribution in [0.1, 0.15) is 47.1 Å². The van der Waals surface area contributed by atoms with Crippen molar-refractivity contribution in [3.8, 4) is 0 Å². The van der Waals surface area contributed by atoms with Gasteiger partial charge in [-0.3, -0.25) is 9.59 Å². The summed E-state index contributed by atoms with van der Waals surface area (Å²) in [6, 6.07) is 15.1. The Morgan fingerprint density at radius 2 is 1.38 bits per heavy atom. The van der Waals surface area contributed by atoms with Crippen molar-refractivity contribution in [1.29, 1.82) is 0 Å². The van der Waals surface area contributed by atoms with E-state index in [2.05, 4.69) is 5.32 Å². The normalized spacial score (nSPS) is 11.7. The van der Waals surface area contributed by atoms with E-state index in [9.17, 15) is 14.4 Å². The first kappa shape index (κ1) is 19.4. The van der Waals surface area contributed by atoms with E-state index in [0.29, 0.717) is 22.6 Å². The van der Waals surface area contributed by atoms with Crippen LogP contribution in [-0.4, -0.2) is 30.3 Å². The van der Waals surface area contributed by atoms with Gasteiger partial charge in [0.25, 0.3) is 5.91 Å². The van der Waals surface area contributed by atoms with E-state index in [4.69, 9.17) is 4.74 Å². The number of amides is 1. The molecule has 0 spiro atoms. The highest BCUT2D eigenvalue weighted by Crippen LogP contribution is 2.12. The Morgan fingerprint density at radius 1 is 0.846 bits per heavy atom. The molecule has 0 aliphatic heterocycles. The monoisotopic (exact) mass is 353 g/mol. The lowest BCUT2D eigenvalue weighted by atomic mass is 10.0. The second-order valence-electron chi connectivity index (χ2n) is 6.45. The van der Waals surface area contributed by atoms with Gasteiger partial charge in [-0.15, -0.1) is 0 Å². The number of rotatable bonds is 7. The van der Waals surface area contributed by atoms with Gasteiger partial charge >= 0.3 is 5.97 Å². The third-order valence-corrected chi connectivity index (χ3v) is 4.14. The quantitative estimate of drug-likeness (QED) is 0.613. The van der Waals surface area contributed by atoms with Gasteiger partial charge in [-0.2, -0.15) is 0 Å². The minimum Gasteiger partial charge on any atom is -0.452 e. The second kappa shape index (κ2) is 8.94. The van der Waals surface area contributed by atoms with Crippen LogP contribution in [0, 0.1) is 5.92 Å². The maximum atomic E-state index is 12.3. The van der Waals surface area contributed by atoms with E-state index in [0.717, 1.165) is 0 Å². The van der Waals surface area contributed by atoms with Gasteiger partial charge in [-0.05, 0) is 25.0 Å². The van der Waals surface area contributed by atoms with Gasteiger partial charge < -0.3 is 10.1 Å². The number of ketones is 1. The zero-order valence-corrected chi connectivity index (χ0v) is 15.2. The first-order valence-electron chi connectivity index (χ1n) is 8.54. The Labute approximate surface area is 153 Å². The van der Waals surface area contributed by atoms with Crippen LogP contribution >= 0.6 is 0 Å². The molecule has 0 heterocycles. The van der Waals surface area contributed by atoms with Crippen molar-refractivity contribution in [2.45, 2.75) is 26.8 Å². The van der Waals surface area contributed by atoms with Crippen LogP contribution in [0.2, 0.25) is 0 Å². The topological polar surface area (TPSA) is 72.5 Å². The van der Waals surface area contributed by atoms with Crippen molar-refractivity contribution in [1.82, 2.24) is 5.32 Å². The van der Waals surface area contributed by atoms with E-state index in [1.807, 2.05) is 26.8 Å². The van der Waals surface area contributed by atoms with Crippen molar-refractivity contribution in [2.75, 3.05) is 6.61 Å². The molecule has 1 atom stereocenters. The number of benzene rings is 2. The summed E-state index contributed by atoms with van der Waals surface area (Å²) in [7, 11) is 0. The number of carbonyl (C=O) groups is 3. The Bertz CT molecular complexity index is 766. The molecular formula is C21H23NO4. The van der Waals surface area contributed by atoms with Crippen LogP contribution in [0.25, 0.3) is 0 Å². The van der Waals surface area contributed by atoms with Crippen molar-refractivity contribution < 1.29 is 19.1 Å². The summed E-state index contributed by atoms with van der Waals surface area (Å²) in [4.78, 5) is 36.1. The molecule has 0 bridgehead atoms.